The number of rotatable bonds is 2. The standard InChI is InChI=1S/C24H23ClFN5O/c1-30-12-16-10-17(25)6-9-20(16)31-22(13-30)27-28-24(31)15-4-2-14(3-5-15)23-19-8-7-18(26)11-21(19)32-29-23/h6-11,14-15H,2-5,12-13H2,1H3. The van der Waals surface area contributed by atoms with E-state index in [-0.39, 0.29) is 5.82 Å². The predicted octanol–water partition coefficient (Wildman–Crippen LogP) is 5.59. The summed E-state index contributed by atoms with van der Waals surface area (Å²) in [6.07, 6.45) is 3.96. The highest BCUT2D eigenvalue weighted by atomic mass is 35.5. The molecule has 8 heteroatoms. The SMILES string of the molecule is CN1Cc2cc(Cl)ccc2-n2c(nnc2C2CCC(c3noc4cc(F)ccc34)CC2)C1. The van der Waals surface area contributed by atoms with Crippen LogP contribution >= 0.6 is 11.6 Å². The highest BCUT2D eigenvalue weighted by Crippen LogP contribution is 2.42. The summed E-state index contributed by atoms with van der Waals surface area (Å²) in [4.78, 5) is 2.24. The first kappa shape index (κ1) is 19.9. The van der Waals surface area contributed by atoms with Gasteiger partial charge in [-0.15, -0.1) is 10.2 Å². The maximum absolute atomic E-state index is 13.5. The molecule has 0 amide bonds. The lowest BCUT2D eigenvalue weighted by Gasteiger charge is -2.27. The molecule has 6 nitrogen and oxygen atoms in total. The van der Waals surface area contributed by atoms with E-state index in [4.69, 9.17) is 16.1 Å². The Kier molecular flexibility index (Phi) is 4.77. The van der Waals surface area contributed by atoms with E-state index in [0.29, 0.717) is 17.4 Å². The molecule has 0 unspecified atom stereocenters. The van der Waals surface area contributed by atoms with Gasteiger partial charge in [-0.3, -0.25) is 9.47 Å². The van der Waals surface area contributed by atoms with Crippen molar-refractivity contribution in [1.29, 1.82) is 0 Å². The minimum Gasteiger partial charge on any atom is -0.356 e. The fourth-order valence-corrected chi connectivity index (χ4v) is 5.49. The van der Waals surface area contributed by atoms with Gasteiger partial charge in [-0.25, -0.2) is 4.39 Å². The van der Waals surface area contributed by atoms with Crippen molar-refractivity contribution in [2.24, 2.45) is 0 Å². The van der Waals surface area contributed by atoms with Crippen LogP contribution in [0.5, 0.6) is 0 Å². The third kappa shape index (κ3) is 3.31. The molecule has 1 aliphatic carbocycles. The molecule has 4 aromatic rings. The second-order valence-electron chi connectivity index (χ2n) is 9.01. The Morgan fingerprint density at radius 3 is 2.66 bits per heavy atom. The van der Waals surface area contributed by atoms with Gasteiger partial charge in [0.05, 0.1) is 17.9 Å². The third-order valence-corrected chi connectivity index (χ3v) is 7.07. The number of hydrogen-bond donors (Lipinski definition) is 0. The Hall–Kier alpha value is -2.77. The minimum atomic E-state index is -0.302. The Morgan fingerprint density at radius 1 is 1.00 bits per heavy atom. The molecule has 1 fully saturated rings. The number of nitrogens with zero attached hydrogens (tertiary/aromatic N) is 5. The quantitative estimate of drug-likeness (QED) is 0.397. The fraction of sp³-hybridized carbons (Fsp3) is 0.375. The Labute approximate surface area is 190 Å². The number of benzene rings is 2. The van der Waals surface area contributed by atoms with E-state index in [1.807, 2.05) is 12.1 Å². The van der Waals surface area contributed by atoms with Crippen LogP contribution in [-0.4, -0.2) is 31.9 Å². The van der Waals surface area contributed by atoms with E-state index in [9.17, 15) is 4.39 Å². The van der Waals surface area contributed by atoms with Crippen LogP contribution in [0.15, 0.2) is 40.9 Å². The molecule has 0 radical (unpaired) electrons. The van der Waals surface area contributed by atoms with Crippen molar-refractivity contribution < 1.29 is 8.91 Å². The van der Waals surface area contributed by atoms with Crippen LogP contribution in [-0.2, 0) is 13.1 Å². The zero-order chi connectivity index (χ0) is 21.8. The number of aromatic nitrogens is 4. The maximum Gasteiger partial charge on any atom is 0.170 e. The van der Waals surface area contributed by atoms with Gasteiger partial charge in [0.15, 0.2) is 11.4 Å². The molecule has 2 aromatic carbocycles. The average Bonchev–Trinajstić information content (AvgIpc) is 3.34. The summed E-state index contributed by atoms with van der Waals surface area (Å²) < 4.78 is 21.1. The molecular weight excluding hydrogens is 429 g/mol. The largest absolute Gasteiger partial charge is 0.356 e. The second kappa shape index (κ2) is 7.67. The lowest BCUT2D eigenvalue weighted by molar-refractivity contribution is 0.315. The lowest BCUT2D eigenvalue weighted by atomic mass is 9.79. The molecule has 0 spiro atoms. The highest BCUT2D eigenvalue weighted by molar-refractivity contribution is 6.30. The van der Waals surface area contributed by atoms with Crippen molar-refractivity contribution in [1.82, 2.24) is 24.8 Å². The lowest BCUT2D eigenvalue weighted by Crippen LogP contribution is -2.17. The van der Waals surface area contributed by atoms with Gasteiger partial charge in [0, 0.05) is 34.9 Å². The monoisotopic (exact) mass is 451 g/mol. The zero-order valence-corrected chi connectivity index (χ0v) is 18.5. The highest BCUT2D eigenvalue weighted by Gasteiger charge is 2.32. The molecule has 2 aromatic heterocycles. The van der Waals surface area contributed by atoms with Crippen LogP contribution in [0.2, 0.25) is 5.02 Å². The van der Waals surface area contributed by atoms with Gasteiger partial charge >= 0.3 is 0 Å². The first-order chi connectivity index (χ1) is 15.6. The van der Waals surface area contributed by atoms with E-state index in [0.717, 1.165) is 72.2 Å². The van der Waals surface area contributed by atoms with Crippen molar-refractivity contribution in [3.8, 4) is 5.69 Å². The van der Waals surface area contributed by atoms with Gasteiger partial charge in [0.25, 0.3) is 0 Å². The van der Waals surface area contributed by atoms with E-state index < -0.39 is 0 Å². The van der Waals surface area contributed by atoms with Crippen molar-refractivity contribution in [3.05, 3.63) is 70.1 Å². The van der Waals surface area contributed by atoms with Gasteiger partial charge in [0.1, 0.15) is 11.6 Å². The summed E-state index contributed by atoms with van der Waals surface area (Å²) in [5.74, 6) is 2.33. The Bertz CT molecular complexity index is 1310. The van der Waals surface area contributed by atoms with Crippen LogP contribution < -0.4 is 0 Å². The molecule has 1 saturated carbocycles. The van der Waals surface area contributed by atoms with E-state index in [1.54, 1.807) is 6.07 Å². The summed E-state index contributed by atoms with van der Waals surface area (Å²) in [6.45, 7) is 1.57. The van der Waals surface area contributed by atoms with E-state index in [1.165, 1.54) is 17.7 Å². The molecule has 3 heterocycles. The molecule has 2 aliphatic rings. The van der Waals surface area contributed by atoms with Crippen LogP contribution in [0.1, 0.15) is 60.4 Å². The van der Waals surface area contributed by atoms with Crippen LogP contribution in [0.25, 0.3) is 16.7 Å². The normalized spacial score (nSPS) is 21.3. The van der Waals surface area contributed by atoms with Crippen LogP contribution in [0.3, 0.4) is 0 Å². The molecule has 6 rings (SSSR count). The van der Waals surface area contributed by atoms with E-state index >= 15 is 0 Å². The van der Waals surface area contributed by atoms with Gasteiger partial charge < -0.3 is 4.52 Å². The summed E-state index contributed by atoms with van der Waals surface area (Å²) in [7, 11) is 2.09. The smallest absolute Gasteiger partial charge is 0.170 e. The average molecular weight is 452 g/mol. The van der Waals surface area contributed by atoms with Crippen LogP contribution in [0.4, 0.5) is 4.39 Å². The van der Waals surface area contributed by atoms with Crippen molar-refractivity contribution in [3.63, 3.8) is 0 Å². The van der Waals surface area contributed by atoms with Crippen molar-refractivity contribution >= 4 is 22.6 Å². The molecule has 0 bridgehead atoms. The van der Waals surface area contributed by atoms with E-state index in [2.05, 4.69) is 37.9 Å². The van der Waals surface area contributed by atoms with Gasteiger partial charge in [-0.05, 0) is 68.6 Å². The second-order valence-corrected chi connectivity index (χ2v) is 9.45. The predicted molar refractivity (Wildman–Crippen MR) is 119 cm³/mol. The minimum absolute atomic E-state index is 0.302. The third-order valence-electron chi connectivity index (χ3n) is 6.83. The topological polar surface area (TPSA) is 60.0 Å². The molecule has 0 atom stereocenters. The first-order valence-electron chi connectivity index (χ1n) is 11.0. The molecular formula is C24H23ClFN5O. The molecule has 1 aliphatic heterocycles. The Balaban J connectivity index is 1.29. The van der Waals surface area contributed by atoms with Crippen LogP contribution in [0, 0.1) is 5.82 Å². The zero-order valence-electron chi connectivity index (χ0n) is 17.8. The summed E-state index contributed by atoms with van der Waals surface area (Å²) in [5.41, 5.74) is 3.78. The first-order valence-corrected chi connectivity index (χ1v) is 11.4. The Morgan fingerprint density at radius 2 is 1.81 bits per heavy atom. The summed E-state index contributed by atoms with van der Waals surface area (Å²) in [5, 5.41) is 15.1. The fourth-order valence-electron chi connectivity index (χ4n) is 5.30. The summed E-state index contributed by atoms with van der Waals surface area (Å²) >= 11 is 6.29. The molecule has 0 N–H and O–H groups in total. The number of fused-ring (bicyclic) bond motifs is 4. The van der Waals surface area contributed by atoms with Gasteiger partial charge in [-0.2, -0.15) is 0 Å². The number of hydrogen-bond acceptors (Lipinski definition) is 5. The summed E-state index contributed by atoms with van der Waals surface area (Å²) in [6, 6.07) is 10.7. The maximum atomic E-state index is 13.5. The van der Waals surface area contributed by atoms with Crippen molar-refractivity contribution in [2.45, 2.75) is 50.6 Å². The molecule has 32 heavy (non-hydrogen) atoms. The van der Waals surface area contributed by atoms with Crippen molar-refractivity contribution in [2.75, 3.05) is 7.05 Å². The van der Waals surface area contributed by atoms with Gasteiger partial charge in [-0.1, -0.05) is 16.8 Å². The molecule has 0 saturated heterocycles. The molecule has 164 valence electrons. The number of halogens is 2. The van der Waals surface area contributed by atoms with Gasteiger partial charge in [0.2, 0.25) is 0 Å².